The molecule has 3 nitrogen and oxygen atoms in total. The molecule has 5 heteroatoms. The zero-order valence-electron chi connectivity index (χ0n) is 8.25. The van der Waals surface area contributed by atoms with Gasteiger partial charge in [-0.1, -0.05) is 0 Å². The second kappa shape index (κ2) is 3.20. The van der Waals surface area contributed by atoms with Crippen molar-refractivity contribution in [3.63, 3.8) is 0 Å². The van der Waals surface area contributed by atoms with Crippen LogP contribution in [0.2, 0.25) is 0 Å². The highest BCUT2D eigenvalue weighted by molar-refractivity contribution is 7.89. The van der Waals surface area contributed by atoms with E-state index in [4.69, 9.17) is 0 Å². The van der Waals surface area contributed by atoms with E-state index in [9.17, 15) is 12.8 Å². The fourth-order valence-corrected chi connectivity index (χ4v) is 2.79. The van der Waals surface area contributed by atoms with Crippen LogP contribution in [0.15, 0.2) is 0 Å². The van der Waals surface area contributed by atoms with Gasteiger partial charge in [0, 0.05) is 13.1 Å². The van der Waals surface area contributed by atoms with E-state index in [1.54, 1.807) is 13.8 Å². The van der Waals surface area contributed by atoms with Gasteiger partial charge in [-0.25, -0.2) is 12.8 Å². The lowest BCUT2D eigenvalue weighted by Crippen LogP contribution is -2.36. The molecule has 1 unspecified atom stereocenters. The van der Waals surface area contributed by atoms with Crippen LogP contribution in [0.1, 0.15) is 27.2 Å². The molecule has 13 heavy (non-hydrogen) atoms. The summed E-state index contributed by atoms with van der Waals surface area (Å²) in [5.74, 6) is 0. The third kappa shape index (κ3) is 2.20. The van der Waals surface area contributed by atoms with Crippen LogP contribution < -0.4 is 0 Å². The van der Waals surface area contributed by atoms with E-state index in [0.29, 0.717) is 13.0 Å². The van der Waals surface area contributed by atoms with Gasteiger partial charge in [-0.3, -0.25) is 0 Å². The quantitative estimate of drug-likeness (QED) is 0.684. The zero-order valence-corrected chi connectivity index (χ0v) is 9.07. The number of alkyl halides is 1. The van der Waals surface area contributed by atoms with Gasteiger partial charge in [-0.2, -0.15) is 4.31 Å². The second-order valence-corrected chi connectivity index (χ2v) is 6.58. The maximum Gasteiger partial charge on any atom is 0.216 e. The Morgan fingerprint density at radius 2 is 2.00 bits per heavy atom. The fraction of sp³-hybridized carbons (Fsp3) is 1.00. The van der Waals surface area contributed by atoms with Crippen LogP contribution in [-0.4, -0.2) is 36.7 Å². The molecule has 78 valence electrons. The summed E-state index contributed by atoms with van der Waals surface area (Å²) in [6, 6.07) is 0. The Balaban J connectivity index is 2.78. The summed E-state index contributed by atoms with van der Waals surface area (Å²) in [5.41, 5.74) is -1.35. The highest BCUT2D eigenvalue weighted by Gasteiger charge is 2.40. The molecule has 0 bridgehead atoms. The summed E-state index contributed by atoms with van der Waals surface area (Å²) in [4.78, 5) is 0. The molecule has 0 aromatic carbocycles. The first-order chi connectivity index (χ1) is 5.76. The Kier molecular flexibility index (Phi) is 2.69. The molecule has 1 aliphatic heterocycles. The predicted molar refractivity (Wildman–Crippen MR) is 49.8 cm³/mol. The van der Waals surface area contributed by atoms with Crippen LogP contribution in [0.4, 0.5) is 4.39 Å². The van der Waals surface area contributed by atoms with Crippen molar-refractivity contribution in [2.75, 3.05) is 13.1 Å². The molecule has 1 heterocycles. The predicted octanol–water partition coefficient (Wildman–Crippen LogP) is 1.16. The molecular weight excluding hydrogens is 193 g/mol. The van der Waals surface area contributed by atoms with Crippen LogP contribution in [0.3, 0.4) is 0 Å². The zero-order chi connectivity index (χ0) is 10.3. The molecule has 1 atom stereocenters. The summed E-state index contributed by atoms with van der Waals surface area (Å²) in [5, 5.41) is -0.457. The van der Waals surface area contributed by atoms with Crippen molar-refractivity contribution >= 4 is 10.0 Å². The van der Waals surface area contributed by atoms with E-state index < -0.39 is 20.9 Å². The van der Waals surface area contributed by atoms with E-state index in [2.05, 4.69) is 0 Å². The van der Waals surface area contributed by atoms with Crippen molar-refractivity contribution in [1.29, 1.82) is 0 Å². The molecule has 0 radical (unpaired) electrons. The molecule has 0 aliphatic carbocycles. The van der Waals surface area contributed by atoms with Crippen LogP contribution in [0, 0.1) is 0 Å². The Labute approximate surface area is 79.0 Å². The lowest BCUT2D eigenvalue weighted by atomic mass is 10.1. The maximum absolute atomic E-state index is 13.3. The van der Waals surface area contributed by atoms with Crippen molar-refractivity contribution < 1.29 is 12.8 Å². The topological polar surface area (TPSA) is 37.4 Å². The van der Waals surface area contributed by atoms with E-state index in [1.807, 2.05) is 0 Å². The maximum atomic E-state index is 13.3. The Hall–Kier alpha value is -0.160. The standard InChI is InChI=1S/C8H16FNO2S/c1-7(2)13(11,12)10-5-4-8(3,9)6-10/h7H,4-6H2,1-3H3. The Morgan fingerprint density at radius 1 is 1.46 bits per heavy atom. The lowest BCUT2D eigenvalue weighted by molar-refractivity contribution is 0.208. The van der Waals surface area contributed by atoms with Gasteiger partial charge in [-0.15, -0.1) is 0 Å². The molecule has 1 fully saturated rings. The van der Waals surface area contributed by atoms with Crippen molar-refractivity contribution in [1.82, 2.24) is 4.31 Å². The van der Waals surface area contributed by atoms with Crippen LogP contribution >= 0.6 is 0 Å². The van der Waals surface area contributed by atoms with Gasteiger partial charge in [0.2, 0.25) is 10.0 Å². The first kappa shape index (κ1) is 10.9. The normalized spacial score (nSPS) is 31.5. The number of halogens is 1. The fourth-order valence-electron chi connectivity index (χ4n) is 1.40. The lowest BCUT2D eigenvalue weighted by Gasteiger charge is -2.19. The molecule has 0 amide bonds. The van der Waals surface area contributed by atoms with E-state index >= 15 is 0 Å². The van der Waals surface area contributed by atoms with Crippen LogP contribution in [-0.2, 0) is 10.0 Å². The summed E-state index contributed by atoms with van der Waals surface area (Å²) in [7, 11) is -3.25. The number of sulfonamides is 1. The van der Waals surface area contributed by atoms with E-state index in [1.165, 1.54) is 11.2 Å². The van der Waals surface area contributed by atoms with Gasteiger partial charge >= 0.3 is 0 Å². The minimum absolute atomic E-state index is 0.00745. The highest BCUT2D eigenvalue weighted by atomic mass is 32.2. The summed E-state index contributed by atoms with van der Waals surface area (Å²) in [6.07, 6.45) is 0.305. The molecule has 1 rings (SSSR count). The van der Waals surface area contributed by atoms with Crippen LogP contribution in [0.25, 0.3) is 0 Å². The Morgan fingerprint density at radius 3 is 2.31 bits per heavy atom. The van der Waals surface area contributed by atoms with Gasteiger partial charge in [0.15, 0.2) is 0 Å². The minimum Gasteiger partial charge on any atom is -0.243 e. The third-order valence-corrected chi connectivity index (χ3v) is 4.57. The van der Waals surface area contributed by atoms with Gasteiger partial charge in [-0.05, 0) is 27.2 Å². The molecule has 1 saturated heterocycles. The van der Waals surface area contributed by atoms with Gasteiger partial charge in [0.1, 0.15) is 5.67 Å². The average Bonchev–Trinajstić information content (AvgIpc) is 2.30. The van der Waals surface area contributed by atoms with E-state index in [-0.39, 0.29) is 6.54 Å². The molecule has 0 aromatic rings. The molecule has 0 aromatic heterocycles. The van der Waals surface area contributed by atoms with Crippen LogP contribution in [0.5, 0.6) is 0 Å². The van der Waals surface area contributed by atoms with Crippen molar-refractivity contribution in [3.05, 3.63) is 0 Å². The smallest absolute Gasteiger partial charge is 0.216 e. The molecule has 0 spiro atoms. The van der Waals surface area contributed by atoms with Crippen molar-refractivity contribution in [2.24, 2.45) is 0 Å². The van der Waals surface area contributed by atoms with Gasteiger partial charge in [0.05, 0.1) is 5.25 Å². The van der Waals surface area contributed by atoms with E-state index in [0.717, 1.165) is 0 Å². The summed E-state index contributed by atoms with van der Waals surface area (Å²) in [6.45, 7) is 5.00. The number of hydrogen-bond donors (Lipinski definition) is 0. The average molecular weight is 209 g/mol. The molecule has 1 aliphatic rings. The van der Waals surface area contributed by atoms with Crippen molar-refractivity contribution in [3.8, 4) is 0 Å². The number of nitrogens with zero attached hydrogens (tertiary/aromatic N) is 1. The first-order valence-corrected chi connectivity index (χ1v) is 5.94. The SMILES string of the molecule is CC(C)S(=O)(=O)N1CCC(C)(F)C1. The summed E-state index contributed by atoms with van der Waals surface area (Å²) >= 11 is 0. The second-order valence-electron chi connectivity index (χ2n) is 4.09. The molecule has 0 saturated carbocycles. The Bertz CT molecular complexity index is 285. The number of hydrogen-bond acceptors (Lipinski definition) is 2. The summed E-state index contributed by atoms with van der Waals surface area (Å²) < 4.78 is 37.8. The third-order valence-electron chi connectivity index (χ3n) is 2.34. The monoisotopic (exact) mass is 209 g/mol. The highest BCUT2D eigenvalue weighted by Crippen LogP contribution is 2.27. The van der Waals surface area contributed by atoms with Crippen molar-refractivity contribution in [2.45, 2.75) is 38.1 Å². The van der Waals surface area contributed by atoms with Gasteiger partial charge in [0.25, 0.3) is 0 Å². The van der Waals surface area contributed by atoms with Gasteiger partial charge < -0.3 is 0 Å². The number of rotatable bonds is 2. The largest absolute Gasteiger partial charge is 0.243 e. The molecular formula is C8H16FNO2S. The molecule has 0 N–H and O–H groups in total. The first-order valence-electron chi connectivity index (χ1n) is 4.43. The minimum atomic E-state index is -3.25.